The fraction of sp³-hybridized carbons (Fsp3) is 0.588. The van der Waals surface area contributed by atoms with Gasteiger partial charge in [0.2, 0.25) is 0 Å². The molecule has 1 aliphatic carbocycles. The van der Waals surface area contributed by atoms with E-state index in [9.17, 15) is 4.79 Å². The number of hydrogen-bond donors (Lipinski definition) is 0. The Hall–Kier alpha value is -1.11. The predicted molar refractivity (Wildman–Crippen MR) is 76.3 cm³/mol. The van der Waals surface area contributed by atoms with Gasteiger partial charge in [-0.05, 0) is 86.8 Å². The van der Waals surface area contributed by atoms with Crippen molar-refractivity contribution in [1.82, 2.24) is 0 Å². The molecule has 0 spiro atoms. The van der Waals surface area contributed by atoms with Gasteiger partial charge in [-0.1, -0.05) is 0 Å². The molecule has 2 rings (SSSR count). The third-order valence-electron chi connectivity index (χ3n) is 5.01. The largest absolute Gasteiger partial charge is 0.300 e. The van der Waals surface area contributed by atoms with Gasteiger partial charge in [-0.25, -0.2) is 0 Å². The number of Topliss-reactive ketones (excluding diaryl/α,β-unsaturated/α-hetero) is 1. The van der Waals surface area contributed by atoms with Crippen molar-refractivity contribution in [2.24, 2.45) is 0 Å². The Labute approximate surface area is 111 Å². The molecule has 1 aliphatic rings. The molecule has 1 heteroatoms. The second kappa shape index (κ2) is 4.87. The van der Waals surface area contributed by atoms with Crippen molar-refractivity contribution in [2.75, 3.05) is 0 Å². The van der Waals surface area contributed by atoms with Gasteiger partial charge in [-0.3, -0.25) is 4.79 Å². The summed E-state index contributed by atoms with van der Waals surface area (Å²) in [6, 6.07) is 0. The monoisotopic (exact) mass is 244 g/mol. The van der Waals surface area contributed by atoms with Crippen LogP contribution in [0.25, 0.3) is 0 Å². The van der Waals surface area contributed by atoms with Gasteiger partial charge in [-0.15, -0.1) is 0 Å². The normalized spacial score (nSPS) is 17.3. The highest BCUT2D eigenvalue weighted by Crippen LogP contribution is 2.38. The molecule has 0 aromatic heterocycles. The van der Waals surface area contributed by atoms with Crippen LogP contribution in [0.15, 0.2) is 0 Å². The van der Waals surface area contributed by atoms with Gasteiger partial charge < -0.3 is 0 Å². The molecule has 1 saturated carbocycles. The highest BCUT2D eigenvalue weighted by Gasteiger charge is 2.24. The number of carbonyl (C=O) groups is 1. The van der Waals surface area contributed by atoms with Crippen LogP contribution in [0.1, 0.15) is 65.0 Å². The first-order valence-electron chi connectivity index (χ1n) is 7.02. The second-order valence-electron chi connectivity index (χ2n) is 5.85. The number of rotatable bonds is 1. The Morgan fingerprint density at radius 1 is 0.722 bits per heavy atom. The van der Waals surface area contributed by atoms with E-state index in [0.717, 1.165) is 25.7 Å². The van der Waals surface area contributed by atoms with E-state index in [1.807, 2.05) is 0 Å². The minimum Gasteiger partial charge on any atom is -0.300 e. The van der Waals surface area contributed by atoms with E-state index in [2.05, 4.69) is 34.6 Å². The van der Waals surface area contributed by atoms with Crippen molar-refractivity contribution in [3.05, 3.63) is 33.4 Å². The molecule has 0 saturated heterocycles. The summed E-state index contributed by atoms with van der Waals surface area (Å²) in [5.41, 5.74) is 8.74. The fourth-order valence-electron chi connectivity index (χ4n) is 3.37. The van der Waals surface area contributed by atoms with Crippen molar-refractivity contribution in [3.63, 3.8) is 0 Å². The lowest BCUT2D eigenvalue weighted by Gasteiger charge is -2.28. The van der Waals surface area contributed by atoms with E-state index in [-0.39, 0.29) is 0 Å². The van der Waals surface area contributed by atoms with Gasteiger partial charge in [0, 0.05) is 12.8 Å². The van der Waals surface area contributed by atoms with Crippen LogP contribution in [0.5, 0.6) is 0 Å². The minimum atomic E-state index is 0.446. The van der Waals surface area contributed by atoms with Crippen LogP contribution in [0, 0.1) is 34.6 Å². The van der Waals surface area contributed by atoms with E-state index < -0.39 is 0 Å². The summed E-state index contributed by atoms with van der Waals surface area (Å²) < 4.78 is 0. The van der Waals surface area contributed by atoms with Crippen molar-refractivity contribution in [1.29, 1.82) is 0 Å². The molecule has 0 unspecified atom stereocenters. The molecule has 0 aliphatic heterocycles. The first-order chi connectivity index (χ1) is 8.43. The van der Waals surface area contributed by atoms with Gasteiger partial charge in [0.05, 0.1) is 0 Å². The Balaban J connectivity index is 2.48. The predicted octanol–water partition coefficient (Wildman–Crippen LogP) is 4.46. The number of hydrogen-bond acceptors (Lipinski definition) is 1. The third-order valence-corrected chi connectivity index (χ3v) is 5.01. The smallest absolute Gasteiger partial charge is 0.132 e. The molecule has 0 atom stereocenters. The van der Waals surface area contributed by atoms with Crippen LogP contribution in [0.4, 0.5) is 0 Å². The zero-order valence-electron chi connectivity index (χ0n) is 12.3. The van der Waals surface area contributed by atoms with E-state index >= 15 is 0 Å². The highest BCUT2D eigenvalue weighted by molar-refractivity contribution is 5.79. The third kappa shape index (κ3) is 2.11. The second-order valence-corrected chi connectivity index (χ2v) is 5.85. The van der Waals surface area contributed by atoms with Gasteiger partial charge >= 0.3 is 0 Å². The summed E-state index contributed by atoms with van der Waals surface area (Å²) in [4.78, 5) is 11.4. The number of ketones is 1. The Kier molecular flexibility index (Phi) is 3.61. The maximum Gasteiger partial charge on any atom is 0.132 e. The maximum atomic E-state index is 11.4. The van der Waals surface area contributed by atoms with Crippen LogP contribution < -0.4 is 0 Å². The lowest BCUT2D eigenvalue weighted by Crippen LogP contribution is -2.16. The first kappa shape index (κ1) is 13.3. The van der Waals surface area contributed by atoms with Gasteiger partial charge in [0.15, 0.2) is 0 Å². The summed E-state index contributed by atoms with van der Waals surface area (Å²) in [7, 11) is 0. The SMILES string of the molecule is Cc1c(C)c(C)c(C2CCC(=O)CC2)c(C)c1C. The molecule has 98 valence electrons. The van der Waals surface area contributed by atoms with Crippen molar-refractivity contribution < 1.29 is 4.79 Å². The van der Waals surface area contributed by atoms with E-state index in [0.29, 0.717) is 11.7 Å². The Morgan fingerprint density at radius 3 is 1.56 bits per heavy atom. The summed E-state index contributed by atoms with van der Waals surface area (Å²) >= 11 is 0. The molecule has 1 fully saturated rings. The van der Waals surface area contributed by atoms with E-state index in [4.69, 9.17) is 0 Å². The minimum absolute atomic E-state index is 0.446. The van der Waals surface area contributed by atoms with Gasteiger partial charge in [0.1, 0.15) is 5.78 Å². The summed E-state index contributed by atoms with van der Waals surface area (Å²) in [5, 5.41) is 0. The van der Waals surface area contributed by atoms with Gasteiger partial charge in [0.25, 0.3) is 0 Å². The molecule has 0 N–H and O–H groups in total. The number of carbonyl (C=O) groups excluding carboxylic acids is 1. The molecule has 0 heterocycles. The summed E-state index contributed by atoms with van der Waals surface area (Å²) in [5.74, 6) is 1.04. The summed E-state index contributed by atoms with van der Waals surface area (Å²) in [6.45, 7) is 11.2. The molecule has 18 heavy (non-hydrogen) atoms. The highest BCUT2D eigenvalue weighted by atomic mass is 16.1. The van der Waals surface area contributed by atoms with E-state index in [1.54, 1.807) is 0 Å². The Morgan fingerprint density at radius 2 is 1.11 bits per heavy atom. The lowest BCUT2D eigenvalue weighted by molar-refractivity contribution is -0.120. The summed E-state index contributed by atoms with van der Waals surface area (Å²) in [6.07, 6.45) is 3.63. The molecular weight excluding hydrogens is 220 g/mol. The maximum absolute atomic E-state index is 11.4. The topological polar surface area (TPSA) is 17.1 Å². The van der Waals surface area contributed by atoms with Crippen LogP contribution >= 0.6 is 0 Å². The molecule has 1 nitrogen and oxygen atoms in total. The quantitative estimate of drug-likeness (QED) is 0.713. The Bertz CT molecular complexity index is 458. The van der Waals surface area contributed by atoms with Crippen molar-refractivity contribution in [3.8, 4) is 0 Å². The molecule has 1 aromatic rings. The molecule has 0 amide bonds. The van der Waals surface area contributed by atoms with Crippen LogP contribution in [0.3, 0.4) is 0 Å². The lowest BCUT2D eigenvalue weighted by atomic mass is 9.77. The van der Waals surface area contributed by atoms with Crippen molar-refractivity contribution >= 4 is 5.78 Å². The average molecular weight is 244 g/mol. The average Bonchev–Trinajstić information content (AvgIpc) is 2.36. The van der Waals surface area contributed by atoms with Crippen LogP contribution in [-0.2, 0) is 4.79 Å². The number of benzene rings is 1. The molecule has 1 aromatic carbocycles. The van der Waals surface area contributed by atoms with Crippen LogP contribution in [0.2, 0.25) is 0 Å². The standard InChI is InChI=1S/C17H24O/c1-10-11(2)13(4)17(14(5)12(10)3)15-6-8-16(18)9-7-15/h15H,6-9H2,1-5H3. The van der Waals surface area contributed by atoms with Gasteiger partial charge in [-0.2, -0.15) is 0 Å². The van der Waals surface area contributed by atoms with E-state index in [1.165, 1.54) is 33.4 Å². The molecular formula is C17H24O. The first-order valence-corrected chi connectivity index (χ1v) is 7.02. The molecule has 0 bridgehead atoms. The van der Waals surface area contributed by atoms with Crippen LogP contribution in [-0.4, -0.2) is 5.78 Å². The molecule has 0 radical (unpaired) electrons. The zero-order valence-corrected chi connectivity index (χ0v) is 12.3. The zero-order chi connectivity index (χ0) is 13.4. The van der Waals surface area contributed by atoms with Crippen molar-refractivity contribution in [2.45, 2.75) is 66.2 Å². The fourth-order valence-corrected chi connectivity index (χ4v) is 3.37.